The quantitative estimate of drug-likeness (QED) is 0.551. The zero-order chi connectivity index (χ0) is 9.05. The maximum Gasteiger partial charge on any atom is 0.196 e. The lowest BCUT2D eigenvalue weighted by molar-refractivity contribution is -0.120. The van der Waals surface area contributed by atoms with E-state index in [1.165, 1.54) is 6.42 Å². The van der Waals surface area contributed by atoms with Gasteiger partial charge in [0.2, 0.25) is 0 Å². The first kappa shape index (κ1) is 8.10. The number of hydrogen-bond donors (Lipinski definition) is 0. The smallest absolute Gasteiger partial charge is 0.196 e. The van der Waals surface area contributed by atoms with E-state index in [2.05, 4.69) is 19.1 Å². The topological polar surface area (TPSA) is 17.1 Å². The molecule has 2 aliphatic carbocycles. The highest BCUT2D eigenvalue weighted by atomic mass is 32.2. The van der Waals surface area contributed by atoms with Crippen LogP contribution in [-0.4, -0.2) is 10.4 Å². The van der Waals surface area contributed by atoms with Gasteiger partial charge in [0.15, 0.2) is 5.12 Å². The van der Waals surface area contributed by atoms with Gasteiger partial charge in [0, 0.05) is 10.7 Å². The fraction of sp³-hybridized carbons (Fsp3) is 0.727. The molecule has 4 atom stereocenters. The van der Waals surface area contributed by atoms with Crippen LogP contribution in [-0.2, 0) is 4.79 Å². The number of carbonyl (C=O) groups excluding carboxylic acids is 1. The Labute approximate surface area is 83.0 Å². The third-order valence-corrected chi connectivity index (χ3v) is 5.06. The van der Waals surface area contributed by atoms with Crippen molar-refractivity contribution in [3.05, 3.63) is 12.2 Å². The minimum atomic E-state index is 0.0729. The van der Waals surface area contributed by atoms with Gasteiger partial charge in [-0.3, -0.25) is 4.79 Å². The number of fused-ring (bicyclic) bond motifs is 3. The van der Waals surface area contributed by atoms with Crippen LogP contribution in [0.4, 0.5) is 0 Å². The van der Waals surface area contributed by atoms with Gasteiger partial charge in [-0.1, -0.05) is 30.8 Å². The highest BCUT2D eigenvalue weighted by Crippen LogP contribution is 2.60. The van der Waals surface area contributed by atoms with E-state index in [9.17, 15) is 4.79 Å². The molecule has 70 valence electrons. The van der Waals surface area contributed by atoms with Crippen LogP contribution in [0.1, 0.15) is 26.2 Å². The van der Waals surface area contributed by atoms with Crippen LogP contribution in [0, 0.1) is 17.3 Å². The molecule has 3 aliphatic rings. The second-order valence-electron chi connectivity index (χ2n) is 4.77. The van der Waals surface area contributed by atoms with Gasteiger partial charge in [0.1, 0.15) is 0 Å². The Morgan fingerprint density at radius 2 is 2.31 bits per heavy atom. The number of rotatable bonds is 0. The molecule has 1 saturated carbocycles. The summed E-state index contributed by atoms with van der Waals surface area (Å²) in [5.41, 5.74) is 0.0729. The predicted octanol–water partition coefficient (Wildman–Crippen LogP) is 2.62. The van der Waals surface area contributed by atoms with Gasteiger partial charge >= 0.3 is 0 Å². The first-order valence-electron chi connectivity index (χ1n) is 5.10. The van der Waals surface area contributed by atoms with Crippen molar-refractivity contribution in [1.82, 2.24) is 0 Å². The van der Waals surface area contributed by atoms with E-state index >= 15 is 0 Å². The first-order chi connectivity index (χ1) is 6.21. The van der Waals surface area contributed by atoms with E-state index in [-0.39, 0.29) is 5.41 Å². The molecule has 0 aromatic heterocycles. The predicted molar refractivity (Wildman–Crippen MR) is 54.5 cm³/mol. The molecule has 2 fully saturated rings. The summed E-state index contributed by atoms with van der Waals surface area (Å²) >= 11 is 1.58. The lowest BCUT2D eigenvalue weighted by Gasteiger charge is -2.28. The number of carbonyl (C=O) groups is 1. The zero-order valence-electron chi connectivity index (χ0n) is 7.82. The summed E-state index contributed by atoms with van der Waals surface area (Å²) < 4.78 is 0. The Bertz CT molecular complexity index is 296. The van der Waals surface area contributed by atoms with Gasteiger partial charge in [0.05, 0.1) is 0 Å². The summed E-state index contributed by atoms with van der Waals surface area (Å²) in [7, 11) is 0. The molecule has 0 radical (unpaired) electrons. The minimum Gasteiger partial charge on any atom is -0.287 e. The van der Waals surface area contributed by atoms with Crippen LogP contribution in [0.25, 0.3) is 0 Å². The van der Waals surface area contributed by atoms with Gasteiger partial charge in [-0.05, 0) is 31.1 Å². The fourth-order valence-electron chi connectivity index (χ4n) is 3.36. The summed E-state index contributed by atoms with van der Waals surface area (Å²) in [6.45, 7) is 2.19. The van der Waals surface area contributed by atoms with Crippen molar-refractivity contribution in [3.63, 3.8) is 0 Å². The molecule has 0 aromatic carbocycles. The Hall–Kier alpha value is -0.240. The van der Waals surface area contributed by atoms with E-state index in [1.54, 1.807) is 11.8 Å². The van der Waals surface area contributed by atoms with E-state index in [4.69, 9.17) is 0 Å². The summed E-state index contributed by atoms with van der Waals surface area (Å²) in [5, 5.41) is 1.04. The molecule has 0 N–H and O–H groups in total. The molecule has 1 aliphatic heterocycles. The highest BCUT2D eigenvalue weighted by molar-refractivity contribution is 8.14. The minimum absolute atomic E-state index is 0.0729. The lowest BCUT2D eigenvalue weighted by Crippen LogP contribution is -2.29. The Kier molecular flexibility index (Phi) is 1.50. The van der Waals surface area contributed by atoms with E-state index in [0.717, 1.165) is 18.8 Å². The van der Waals surface area contributed by atoms with E-state index in [0.29, 0.717) is 16.3 Å². The van der Waals surface area contributed by atoms with Crippen molar-refractivity contribution in [2.45, 2.75) is 31.4 Å². The van der Waals surface area contributed by atoms with Crippen LogP contribution < -0.4 is 0 Å². The number of allylic oxidation sites excluding steroid dienone is 2. The zero-order valence-corrected chi connectivity index (χ0v) is 8.64. The summed E-state index contributed by atoms with van der Waals surface area (Å²) in [6.07, 6.45) is 8.13. The number of hydrogen-bond acceptors (Lipinski definition) is 2. The first-order valence-corrected chi connectivity index (χ1v) is 5.98. The second kappa shape index (κ2) is 2.41. The average molecular weight is 194 g/mol. The third kappa shape index (κ3) is 0.927. The molecule has 2 heteroatoms. The highest BCUT2D eigenvalue weighted by Gasteiger charge is 2.56. The normalized spacial score (nSPS) is 52.7. The Morgan fingerprint density at radius 1 is 1.46 bits per heavy atom. The summed E-state index contributed by atoms with van der Waals surface area (Å²) in [6, 6.07) is 0. The molecule has 4 unspecified atom stereocenters. The monoisotopic (exact) mass is 194 g/mol. The molecule has 1 spiro atoms. The van der Waals surface area contributed by atoms with Crippen molar-refractivity contribution in [2.24, 2.45) is 17.3 Å². The molecule has 1 heterocycles. The SMILES string of the molecule is CC1CC2(CC3C=CC2C3)C(=O)S1. The lowest BCUT2D eigenvalue weighted by atomic mass is 9.74. The van der Waals surface area contributed by atoms with Crippen molar-refractivity contribution in [2.75, 3.05) is 0 Å². The van der Waals surface area contributed by atoms with Gasteiger partial charge < -0.3 is 0 Å². The molecule has 1 nitrogen and oxygen atoms in total. The molecule has 0 aromatic rings. The Balaban J connectivity index is 1.98. The van der Waals surface area contributed by atoms with Gasteiger partial charge in [-0.15, -0.1) is 0 Å². The maximum atomic E-state index is 11.9. The fourth-order valence-corrected chi connectivity index (χ4v) is 4.66. The third-order valence-electron chi connectivity index (χ3n) is 3.87. The molecular formula is C11H14OS. The summed E-state index contributed by atoms with van der Waals surface area (Å²) in [5.74, 6) is 1.31. The second-order valence-corrected chi connectivity index (χ2v) is 6.18. The van der Waals surface area contributed by atoms with Gasteiger partial charge in [-0.2, -0.15) is 0 Å². The maximum absolute atomic E-state index is 11.9. The molecule has 3 rings (SSSR count). The van der Waals surface area contributed by atoms with Crippen LogP contribution >= 0.6 is 11.8 Å². The standard InChI is InChI=1S/C11H14OS/c1-7-5-11(10(12)13-7)6-8-2-3-9(11)4-8/h2-3,7-9H,4-6H2,1H3. The summed E-state index contributed by atoms with van der Waals surface area (Å²) in [4.78, 5) is 11.9. The van der Waals surface area contributed by atoms with Crippen molar-refractivity contribution < 1.29 is 4.79 Å². The van der Waals surface area contributed by atoms with Crippen LogP contribution in [0.3, 0.4) is 0 Å². The van der Waals surface area contributed by atoms with E-state index < -0.39 is 0 Å². The Morgan fingerprint density at radius 3 is 2.77 bits per heavy atom. The van der Waals surface area contributed by atoms with Crippen LogP contribution in [0.15, 0.2) is 12.2 Å². The van der Waals surface area contributed by atoms with Crippen molar-refractivity contribution >= 4 is 16.9 Å². The van der Waals surface area contributed by atoms with Crippen LogP contribution in [0.5, 0.6) is 0 Å². The van der Waals surface area contributed by atoms with Gasteiger partial charge in [0.25, 0.3) is 0 Å². The molecule has 2 bridgehead atoms. The average Bonchev–Trinajstić information content (AvgIpc) is 2.68. The van der Waals surface area contributed by atoms with Crippen molar-refractivity contribution in [3.8, 4) is 0 Å². The number of thioether (sulfide) groups is 1. The van der Waals surface area contributed by atoms with E-state index in [1.807, 2.05) is 0 Å². The van der Waals surface area contributed by atoms with Crippen molar-refractivity contribution in [1.29, 1.82) is 0 Å². The molecule has 13 heavy (non-hydrogen) atoms. The molecular weight excluding hydrogens is 180 g/mol. The van der Waals surface area contributed by atoms with Gasteiger partial charge in [-0.25, -0.2) is 0 Å². The molecule has 1 saturated heterocycles. The molecule has 0 amide bonds. The largest absolute Gasteiger partial charge is 0.287 e. The van der Waals surface area contributed by atoms with Crippen LogP contribution in [0.2, 0.25) is 0 Å².